The molecule has 0 aromatic heterocycles. The second kappa shape index (κ2) is 8.66. The minimum atomic E-state index is -1.39. The van der Waals surface area contributed by atoms with Crippen molar-refractivity contribution in [2.24, 2.45) is 0 Å². The Kier molecular flexibility index (Phi) is 6.57. The van der Waals surface area contributed by atoms with Crippen molar-refractivity contribution < 1.29 is 27.3 Å². The molecule has 0 fully saturated rings. The van der Waals surface area contributed by atoms with Crippen LogP contribution in [0.3, 0.4) is 0 Å². The molecule has 0 aliphatic carbocycles. The van der Waals surface area contributed by atoms with Gasteiger partial charge in [-0.2, -0.15) is 0 Å². The van der Waals surface area contributed by atoms with Crippen molar-refractivity contribution in [1.29, 1.82) is 0 Å². The minimum absolute atomic E-state index is 0.0735. The number of amides is 1. The van der Waals surface area contributed by atoms with Crippen molar-refractivity contribution in [3.8, 4) is 0 Å². The molecule has 0 aliphatic rings. The van der Waals surface area contributed by atoms with Crippen LogP contribution in [0, 0.1) is 11.6 Å². The number of rotatable bonds is 6. The number of hydrogen-bond acceptors (Lipinski definition) is 4. The van der Waals surface area contributed by atoms with Crippen molar-refractivity contribution in [3.05, 3.63) is 59.7 Å². The van der Waals surface area contributed by atoms with Crippen LogP contribution in [0.4, 0.5) is 14.5 Å². The van der Waals surface area contributed by atoms with Crippen LogP contribution in [0.2, 0.25) is 0 Å². The standard InChI is InChI=1S/C18H17F2NO4S/c1-3-26(24)15-10-5-4-7-12(15)18(23)25-11(2)17(22)21-16-13(19)8-6-9-14(16)20/h4-11H,3H2,1-2H3,(H,21,22)/t11-,26-/m0/s1. The molecule has 1 N–H and O–H groups in total. The quantitative estimate of drug-likeness (QED) is 0.780. The number of carbonyl (C=O) groups excluding carboxylic acids is 2. The maximum Gasteiger partial charge on any atom is 0.340 e. The van der Waals surface area contributed by atoms with Crippen molar-refractivity contribution >= 4 is 28.4 Å². The summed E-state index contributed by atoms with van der Waals surface area (Å²) < 4.78 is 44.2. The molecule has 0 radical (unpaired) electrons. The molecule has 0 saturated carbocycles. The lowest BCUT2D eigenvalue weighted by Crippen LogP contribution is -2.31. The summed E-state index contributed by atoms with van der Waals surface area (Å²) in [5.74, 6) is -3.32. The van der Waals surface area contributed by atoms with Crippen LogP contribution in [-0.2, 0) is 20.3 Å². The number of benzene rings is 2. The fraction of sp³-hybridized carbons (Fsp3) is 0.222. The van der Waals surface area contributed by atoms with Crippen LogP contribution < -0.4 is 5.32 Å². The van der Waals surface area contributed by atoms with E-state index in [2.05, 4.69) is 5.32 Å². The van der Waals surface area contributed by atoms with E-state index in [1.807, 2.05) is 0 Å². The molecule has 0 bridgehead atoms. The Morgan fingerprint density at radius 1 is 1.12 bits per heavy atom. The van der Waals surface area contributed by atoms with Gasteiger partial charge < -0.3 is 10.1 Å². The van der Waals surface area contributed by atoms with Crippen molar-refractivity contribution in [3.63, 3.8) is 0 Å². The van der Waals surface area contributed by atoms with Crippen molar-refractivity contribution in [2.45, 2.75) is 24.8 Å². The molecule has 0 unspecified atom stereocenters. The second-order valence-electron chi connectivity index (χ2n) is 5.26. The van der Waals surface area contributed by atoms with Crippen molar-refractivity contribution in [2.75, 3.05) is 11.1 Å². The maximum atomic E-state index is 13.6. The van der Waals surface area contributed by atoms with E-state index in [9.17, 15) is 22.6 Å². The normalized spacial score (nSPS) is 12.9. The summed E-state index contributed by atoms with van der Waals surface area (Å²) >= 11 is 0. The Morgan fingerprint density at radius 2 is 1.73 bits per heavy atom. The van der Waals surface area contributed by atoms with E-state index in [0.717, 1.165) is 18.2 Å². The highest BCUT2D eigenvalue weighted by Gasteiger charge is 2.23. The third-order valence-corrected chi connectivity index (χ3v) is 4.85. The van der Waals surface area contributed by atoms with Crippen LogP contribution in [0.5, 0.6) is 0 Å². The van der Waals surface area contributed by atoms with Gasteiger partial charge in [0.25, 0.3) is 5.91 Å². The third kappa shape index (κ3) is 4.51. The Hall–Kier alpha value is -2.61. The maximum absolute atomic E-state index is 13.6. The van der Waals surface area contributed by atoms with Gasteiger partial charge in [0.2, 0.25) is 0 Å². The van der Waals surface area contributed by atoms with Gasteiger partial charge in [-0.25, -0.2) is 13.6 Å². The molecule has 2 aromatic carbocycles. The zero-order valence-corrected chi connectivity index (χ0v) is 14.9. The number of carbonyl (C=O) groups is 2. The lowest BCUT2D eigenvalue weighted by Gasteiger charge is -2.15. The van der Waals surface area contributed by atoms with Crippen LogP contribution >= 0.6 is 0 Å². The summed E-state index contributed by atoms with van der Waals surface area (Å²) in [7, 11) is -1.39. The first-order valence-electron chi connectivity index (χ1n) is 7.78. The van der Waals surface area contributed by atoms with Gasteiger partial charge in [0.05, 0.1) is 21.3 Å². The summed E-state index contributed by atoms with van der Waals surface area (Å²) in [6.45, 7) is 2.97. The molecule has 2 atom stereocenters. The zero-order chi connectivity index (χ0) is 19.3. The molecule has 0 saturated heterocycles. The van der Waals surface area contributed by atoms with E-state index >= 15 is 0 Å². The lowest BCUT2D eigenvalue weighted by molar-refractivity contribution is -0.123. The molecule has 26 heavy (non-hydrogen) atoms. The summed E-state index contributed by atoms with van der Waals surface area (Å²) in [5, 5.41) is 2.06. The monoisotopic (exact) mass is 381 g/mol. The average molecular weight is 381 g/mol. The molecular weight excluding hydrogens is 364 g/mol. The molecule has 0 spiro atoms. The topological polar surface area (TPSA) is 72.5 Å². The molecule has 0 heterocycles. The predicted octanol–water partition coefficient (Wildman–Crippen LogP) is 3.28. The zero-order valence-electron chi connectivity index (χ0n) is 14.1. The number of hydrogen-bond donors (Lipinski definition) is 1. The molecule has 0 aliphatic heterocycles. The Morgan fingerprint density at radius 3 is 2.35 bits per heavy atom. The van der Waals surface area contributed by atoms with Gasteiger partial charge in [0.15, 0.2) is 6.10 Å². The fourth-order valence-electron chi connectivity index (χ4n) is 2.11. The molecular formula is C18H17F2NO4S. The fourth-order valence-corrected chi connectivity index (χ4v) is 3.05. The van der Waals surface area contributed by atoms with E-state index in [-0.39, 0.29) is 5.56 Å². The highest BCUT2D eigenvalue weighted by atomic mass is 32.2. The number of anilines is 1. The van der Waals surface area contributed by atoms with Gasteiger partial charge in [0, 0.05) is 5.75 Å². The van der Waals surface area contributed by atoms with Gasteiger partial charge in [-0.05, 0) is 31.2 Å². The van der Waals surface area contributed by atoms with E-state index in [0.29, 0.717) is 10.6 Å². The molecule has 1 amide bonds. The van der Waals surface area contributed by atoms with E-state index in [1.165, 1.54) is 19.1 Å². The van der Waals surface area contributed by atoms with Gasteiger partial charge in [0.1, 0.15) is 17.3 Å². The molecule has 2 rings (SSSR count). The number of para-hydroxylation sites is 1. The first kappa shape index (κ1) is 19.7. The van der Waals surface area contributed by atoms with Gasteiger partial charge in [-0.1, -0.05) is 25.1 Å². The SMILES string of the molecule is CC[S@](=O)c1ccccc1C(=O)O[C@@H](C)C(=O)Nc1c(F)cccc1F. The van der Waals surface area contributed by atoms with Crippen LogP contribution in [0.1, 0.15) is 24.2 Å². The average Bonchev–Trinajstić information content (AvgIpc) is 2.63. The summed E-state index contributed by atoms with van der Waals surface area (Å²) in [6.07, 6.45) is -1.32. The second-order valence-corrected chi connectivity index (χ2v) is 6.97. The number of esters is 1. The van der Waals surface area contributed by atoms with Crippen LogP contribution in [0.15, 0.2) is 47.4 Å². The third-order valence-electron chi connectivity index (χ3n) is 3.48. The highest BCUT2D eigenvalue weighted by molar-refractivity contribution is 7.85. The first-order valence-corrected chi connectivity index (χ1v) is 9.10. The van der Waals surface area contributed by atoms with Gasteiger partial charge in [-0.3, -0.25) is 9.00 Å². The molecule has 2 aromatic rings. The smallest absolute Gasteiger partial charge is 0.340 e. The summed E-state index contributed by atoms with van der Waals surface area (Å²) in [4.78, 5) is 24.7. The van der Waals surface area contributed by atoms with Crippen LogP contribution in [-0.4, -0.2) is 27.9 Å². The largest absolute Gasteiger partial charge is 0.449 e. The Labute approximate surface area is 151 Å². The summed E-state index contributed by atoms with van der Waals surface area (Å²) in [6, 6.07) is 9.33. The molecule has 5 nitrogen and oxygen atoms in total. The van der Waals surface area contributed by atoms with Gasteiger partial charge >= 0.3 is 5.97 Å². The molecule has 8 heteroatoms. The highest BCUT2D eigenvalue weighted by Crippen LogP contribution is 2.19. The lowest BCUT2D eigenvalue weighted by atomic mass is 10.2. The van der Waals surface area contributed by atoms with Crippen LogP contribution in [0.25, 0.3) is 0 Å². The summed E-state index contributed by atoms with van der Waals surface area (Å²) in [5.41, 5.74) is -0.544. The van der Waals surface area contributed by atoms with E-state index in [1.54, 1.807) is 19.1 Å². The Bertz CT molecular complexity index is 837. The van der Waals surface area contributed by atoms with Gasteiger partial charge in [-0.15, -0.1) is 0 Å². The minimum Gasteiger partial charge on any atom is -0.449 e. The van der Waals surface area contributed by atoms with Crippen molar-refractivity contribution in [1.82, 2.24) is 0 Å². The van der Waals surface area contributed by atoms with E-state index in [4.69, 9.17) is 4.74 Å². The Balaban J connectivity index is 2.12. The van der Waals surface area contributed by atoms with E-state index < -0.39 is 46.1 Å². The number of nitrogens with one attached hydrogen (secondary N) is 1. The first-order chi connectivity index (χ1) is 12.3. The molecule has 138 valence electrons. The number of ether oxygens (including phenoxy) is 1. The number of halogens is 2. The predicted molar refractivity (Wildman–Crippen MR) is 93.3 cm³/mol.